The fourth-order valence-corrected chi connectivity index (χ4v) is 3.45. The lowest BCUT2D eigenvalue weighted by molar-refractivity contribution is -0.383. The Morgan fingerprint density at radius 1 is 1.38 bits per heavy atom. The molecule has 2 heterocycles. The van der Waals surface area contributed by atoms with Gasteiger partial charge in [0.15, 0.2) is 0 Å². The summed E-state index contributed by atoms with van der Waals surface area (Å²) in [5.41, 5.74) is 1.95. The van der Waals surface area contributed by atoms with E-state index in [0.717, 1.165) is 5.56 Å². The molecule has 1 aliphatic rings. The van der Waals surface area contributed by atoms with Crippen LogP contribution in [0.1, 0.15) is 38.6 Å². The average Bonchev–Trinajstić information content (AvgIpc) is 3.21. The fourth-order valence-electron chi connectivity index (χ4n) is 3.45. The molecule has 0 radical (unpaired) electrons. The summed E-state index contributed by atoms with van der Waals surface area (Å²) in [5, 5.41) is 18.8. The number of carbonyl (C=O) groups is 1. The van der Waals surface area contributed by atoms with Crippen molar-refractivity contribution in [2.45, 2.75) is 52.7 Å². The molecule has 0 aliphatic carbocycles. The zero-order chi connectivity index (χ0) is 21.3. The van der Waals surface area contributed by atoms with Crippen LogP contribution < -0.4 is 5.32 Å². The number of anilines is 1. The molecular weight excluding hydrogens is 376 g/mol. The van der Waals surface area contributed by atoms with Crippen molar-refractivity contribution in [3.05, 3.63) is 39.8 Å². The summed E-state index contributed by atoms with van der Waals surface area (Å²) in [4.78, 5) is 25.1. The number of nitro groups is 1. The van der Waals surface area contributed by atoms with Gasteiger partial charge in [-0.05, 0) is 52.7 Å². The number of hydrogen-bond acceptors (Lipinski definition) is 7. The number of likely N-dealkylation sites (tertiary alicyclic amines) is 1. The van der Waals surface area contributed by atoms with Crippen LogP contribution in [0.15, 0.2) is 22.7 Å². The number of nitrogens with zero attached hydrogens (tertiary/aromatic N) is 3. The van der Waals surface area contributed by atoms with Crippen LogP contribution in [-0.2, 0) is 4.74 Å². The minimum absolute atomic E-state index is 0.0294. The van der Waals surface area contributed by atoms with Gasteiger partial charge in [0.25, 0.3) is 5.69 Å². The topological polar surface area (TPSA) is 111 Å². The molecule has 1 atom stereocenters. The van der Waals surface area contributed by atoms with Crippen LogP contribution >= 0.6 is 0 Å². The highest BCUT2D eigenvalue weighted by Gasteiger charge is 2.31. The Labute approximate surface area is 169 Å². The normalized spacial score (nSPS) is 16.7. The van der Waals surface area contributed by atoms with Gasteiger partial charge in [-0.2, -0.15) is 0 Å². The lowest BCUT2D eigenvalue weighted by Crippen LogP contribution is -2.36. The van der Waals surface area contributed by atoms with Crippen molar-refractivity contribution in [1.29, 1.82) is 0 Å². The molecule has 1 unspecified atom stereocenters. The summed E-state index contributed by atoms with van der Waals surface area (Å²) < 4.78 is 10.6. The van der Waals surface area contributed by atoms with Crippen LogP contribution in [0, 0.1) is 24.0 Å². The zero-order valence-electron chi connectivity index (χ0n) is 17.3. The van der Waals surface area contributed by atoms with E-state index in [-0.39, 0.29) is 17.8 Å². The number of amides is 1. The van der Waals surface area contributed by atoms with Gasteiger partial charge in [0.05, 0.1) is 10.6 Å². The summed E-state index contributed by atoms with van der Waals surface area (Å²) in [6.45, 7) is 10.0. The Bertz CT molecular complexity index is 912. The molecular formula is C20H26N4O5. The van der Waals surface area contributed by atoms with Crippen molar-refractivity contribution in [2.75, 3.05) is 18.4 Å². The molecule has 1 saturated heterocycles. The first-order valence-corrected chi connectivity index (χ1v) is 9.51. The first-order chi connectivity index (χ1) is 13.5. The predicted octanol–water partition coefficient (Wildman–Crippen LogP) is 4.29. The van der Waals surface area contributed by atoms with E-state index >= 15 is 0 Å². The van der Waals surface area contributed by atoms with Gasteiger partial charge in [-0.3, -0.25) is 10.1 Å². The molecule has 1 N–H and O–H groups in total. The van der Waals surface area contributed by atoms with E-state index in [4.69, 9.17) is 9.26 Å². The van der Waals surface area contributed by atoms with Crippen molar-refractivity contribution in [3.8, 4) is 11.1 Å². The van der Waals surface area contributed by atoms with Gasteiger partial charge >= 0.3 is 6.09 Å². The minimum Gasteiger partial charge on any atom is -0.444 e. The second-order valence-corrected chi connectivity index (χ2v) is 8.24. The van der Waals surface area contributed by atoms with Crippen molar-refractivity contribution in [1.82, 2.24) is 10.1 Å². The molecule has 9 heteroatoms. The number of rotatable bonds is 4. The average molecular weight is 402 g/mol. The SMILES string of the molecule is Cc1noc(C)c1-c1ccc(NC2CCN(C(=O)OC(C)(C)C)C2)c([N+](=O)[O-])c1. The van der Waals surface area contributed by atoms with Crippen LogP contribution in [0.2, 0.25) is 0 Å². The monoisotopic (exact) mass is 402 g/mol. The van der Waals surface area contributed by atoms with Crippen molar-refractivity contribution in [2.24, 2.45) is 0 Å². The van der Waals surface area contributed by atoms with Gasteiger partial charge in [-0.25, -0.2) is 4.79 Å². The molecule has 0 spiro atoms. The van der Waals surface area contributed by atoms with Gasteiger partial charge in [0, 0.05) is 30.8 Å². The zero-order valence-corrected chi connectivity index (χ0v) is 17.3. The smallest absolute Gasteiger partial charge is 0.410 e. The maximum absolute atomic E-state index is 12.2. The third-order valence-electron chi connectivity index (χ3n) is 4.72. The van der Waals surface area contributed by atoms with E-state index in [1.54, 1.807) is 24.8 Å². The molecule has 29 heavy (non-hydrogen) atoms. The van der Waals surface area contributed by atoms with Crippen LogP contribution in [0.3, 0.4) is 0 Å². The van der Waals surface area contributed by atoms with Gasteiger partial charge < -0.3 is 19.5 Å². The maximum atomic E-state index is 12.2. The number of carbonyl (C=O) groups excluding carboxylic acids is 1. The van der Waals surface area contributed by atoms with Gasteiger partial charge in [0.2, 0.25) is 0 Å². The Balaban J connectivity index is 1.76. The van der Waals surface area contributed by atoms with Crippen molar-refractivity contribution in [3.63, 3.8) is 0 Å². The first-order valence-electron chi connectivity index (χ1n) is 9.51. The van der Waals surface area contributed by atoms with E-state index in [9.17, 15) is 14.9 Å². The van der Waals surface area contributed by atoms with E-state index in [0.29, 0.717) is 42.2 Å². The molecule has 1 amide bonds. The van der Waals surface area contributed by atoms with Crippen LogP contribution in [-0.4, -0.2) is 45.8 Å². The molecule has 2 aromatic rings. The molecule has 156 valence electrons. The number of hydrogen-bond donors (Lipinski definition) is 1. The van der Waals surface area contributed by atoms with Crippen molar-refractivity contribution >= 4 is 17.5 Å². The molecule has 0 saturated carbocycles. The van der Waals surface area contributed by atoms with E-state index < -0.39 is 10.5 Å². The number of benzene rings is 1. The summed E-state index contributed by atoms with van der Waals surface area (Å²) >= 11 is 0. The summed E-state index contributed by atoms with van der Waals surface area (Å²) in [7, 11) is 0. The lowest BCUT2D eigenvalue weighted by atomic mass is 10.0. The Morgan fingerprint density at radius 2 is 2.10 bits per heavy atom. The standard InChI is InChI=1S/C20H26N4O5/c1-12-18(13(2)29-22-12)14-6-7-16(17(10-14)24(26)27)21-15-8-9-23(11-15)19(25)28-20(3,4)5/h6-7,10,15,21H,8-9,11H2,1-5H3. The summed E-state index contributed by atoms with van der Waals surface area (Å²) in [6, 6.07) is 4.93. The Hall–Kier alpha value is -3.10. The third kappa shape index (κ3) is 4.67. The number of nitro benzene ring substituents is 1. The third-order valence-corrected chi connectivity index (χ3v) is 4.72. The van der Waals surface area contributed by atoms with Gasteiger partial charge in [0.1, 0.15) is 17.0 Å². The molecule has 1 aromatic heterocycles. The van der Waals surface area contributed by atoms with Crippen LogP contribution in [0.25, 0.3) is 11.1 Å². The lowest BCUT2D eigenvalue weighted by Gasteiger charge is -2.24. The maximum Gasteiger partial charge on any atom is 0.410 e. The summed E-state index contributed by atoms with van der Waals surface area (Å²) in [6.07, 6.45) is 0.312. The Morgan fingerprint density at radius 3 is 2.69 bits per heavy atom. The second-order valence-electron chi connectivity index (χ2n) is 8.24. The number of ether oxygens (including phenoxy) is 1. The Kier molecular flexibility index (Phi) is 5.50. The molecule has 3 rings (SSSR count). The van der Waals surface area contributed by atoms with E-state index in [1.165, 1.54) is 6.07 Å². The van der Waals surface area contributed by atoms with Crippen molar-refractivity contribution < 1.29 is 19.0 Å². The molecule has 1 aromatic carbocycles. The highest BCUT2D eigenvalue weighted by atomic mass is 16.6. The van der Waals surface area contributed by atoms with E-state index in [2.05, 4.69) is 10.5 Å². The van der Waals surface area contributed by atoms with Gasteiger partial charge in [-0.15, -0.1) is 0 Å². The quantitative estimate of drug-likeness (QED) is 0.600. The fraction of sp³-hybridized carbons (Fsp3) is 0.500. The molecule has 1 aliphatic heterocycles. The largest absolute Gasteiger partial charge is 0.444 e. The van der Waals surface area contributed by atoms with Crippen LogP contribution in [0.4, 0.5) is 16.2 Å². The second kappa shape index (κ2) is 7.73. The minimum atomic E-state index is -0.560. The molecule has 9 nitrogen and oxygen atoms in total. The highest BCUT2D eigenvalue weighted by Crippen LogP contribution is 2.34. The highest BCUT2D eigenvalue weighted by molar-refractivity contribution is 5.76. The molecule has 0 bridgehead atoms. The van der Waals surface area contributed by atoms with Gasteiger partial charge in [-0.1, -0.05) is 11.2 Å². The number of aromatic nitrogens is 1. The predicted molar refractivity (Wildman–Crippen MR) is 108 cm³/mol. The summed E-state index contributed by atoms with van der Waals surface area (Å²) in [5.74, 6) is 0.612. The van der Waals surface area contributed by atoms with E-state index in [1.807, 2.05) is 26.8 Å². The number of nitrogens with one attached hydrogen (secondary N) is 1. The number of aryl methyl sites for hydroxylation is 2. The first kappa shape index (κ1) is 20.6. The van der Waals surface area contributed by atoms with Crippen LogP contribution in [0.5, 0.6) is 0 Å². The molecule has 1 fully saturated rings.